The minimum absolute atomic E-state index is 0.00537. The van der Waals surface area contributed by atoms with E-state index in [1.54, 1.807) is 0 Å². The average molecular weight is 257 g/mol. The monoisotopic (exact) mass is 257 g/mol. The van der Waals surface area contributed by atoms with Gasteiger partial charge in [-0.05, 0) is 6.08 Å². The highest BCUT2D eigenvalue weighted by molar-refractivity contribution is 5.74. The van der Waals surface area contributed by atoms with Gasteiger partial charge >= 0.3 is 0 Å². The molecule has 0 saturated carbocycles. The van der Waals surface area contributed by atoms with Crippen LogP contribution in [0.1, 0.15) is 5.56 Å². The van der Waals surface area contributed by atoms with Crippen LogP contribution >= 0.6 is 0 Å². The molecule has 0 aliphatic heterocycles. The molecule has 98 valence electrons. The minimum atomic E-state index is -0.00537. The summed E-state index contributed by atoms with van der Waals surface area (Å²) in [5.41, 5.74) is 1.48. The standard InChI is InChI=1S/C14H15N3O2/c1-17(2)11-6-13(18-3)12(14(7-11)19-4)5-10(8-15)9-16/h5-7H,1-4H3. The lowest BCUT2D eigenvalue weighted by Crippen LogP contribution is -2.09. The summed E-state index contributed by atoms with van der Waals surface area (Å²) >= 11 is 0. The second-order valence-electron chi connectivity index (χ2n) is 3.94. The molecule has 0 bridgehead atoms. The molecular formula is C14H15N3O2. The summed E-state index contributed by atoms with van der Waals surface area (Å²) < 4.78 is 10.6. The predicted molar refractivity (Wildman–Crippen MR) is 73.1 cm³/mol. The highest BCUT2D eigenvalue weighted by Crippen LogP contribution is 2.35. The van der Waals surface area contributed by atoms with Crippen LogP contribution in [0.15, 0.2) is 17.7 Å². The van der Waals surface area contributed by atoms with Crippen molar-refractivity contribution in [2.75, 3.05) is 33.2 Å². The third-order valence-electron chi connectivity index (χ3n) is 2.57. The quantitative estimate of drug-likeness (QED) is 0.773. The van der Waals surface area contributed by atoms with Crippen LogP contribution in [-0.2, 0) is 0 Å². The zero-order valence-corrected chi connectivity index (χ0v) is 11.4. The van der Waals surface area contributed by atoms with E-state index in [4.69, 9.17) is 20.0 Å². The zero-order valence-electron chi connectivity index (χ0n) is 11.4. The molecule has 5 nitrogen and oxygen atoms in total. The van der Waals surface area contributed by atoms with Gasteiger partial charge in [-0.2, -0.15) is 10.5 Å². The van der Waals surface area contributed by atoms with Crippen LogP contribution in [0.25, 0.3) is 6.08 Å². The fourth-order valence-corrected chi connectivity index (χ4v) is 1.56. The Morgan fingerprint density at radius 1 is 1.11 bits per heavy atom. The molecule has 0 aromatic heterocycles. The molecule has 0 aliphatic carbocycles. The van der Waals surface area contributed by atoms with Gasteiger partial charge in [-0.25, -0.2) is 0 Å². The van der Waals surface area contributed by atoms with Crippen LogP contribution in [0.3, 0.4) is 0 Å². The molecule has 1 aromatic carbocycles. The molecule has 1 aromatic rings. The highest BCUT2D eigenvalue weighted by atomic mass is 16.5. The maximum Gasteiger partial charge on any atom is 0.131 e. The van der Waals surface area contributed by atoms with E-state index in [9.17, 15) is 0 Å². The molecule has 0 atom stereocenters. The van der Waals surface area contributed by atoms with Gasteiger partial charge in [0.2, 0.25) is 0 Å². The van der Waals surface area contributed by atoms with E-state index in [2.05, 4.69) is 0 Å². The van der Waals surface area contributed by atoms with Gasteiger partial charge in [-0.3, -0.25) is 0 Å². The van der Waals surface area contributed by atoms with Crippen molar-refractivity contribution in [1.82, 2.24) is 0 Å². The Labute approximate surface area is 112 Å². The lowest BCUT2D eigenvalue weighted by atomic mass is 10.1. The van der Waals surface area contributed by atoms with Crippen molar-refractivity contribution in [3.8, 4) is 23.6 Å². The predicted octanol–water partition coefficient (Wildman–Crippen LogP) is 2.20. The summed E-state index contributed by atoms with van der Waals surface area (Å²) in [5.74, 6) is 1.09. The van der Waals surface area contributed by atoms with Crippen molar-refractivity contribution in [2.45, 2.75) is 0 Å². The first-order valence-electron chi connectivity index (χ1n) is 5.52. The van der Waals surface area contributed by atoms with Crippen molar-refractivity contribution in [3.05, 3.63) is 23.3 Å². The highest BCUT2D eigenvalue weighted by Gasteiger charge is 2.12. The van der Waals surface area contributed by atoms with Gasteiger partial charge < -0.3 is 14.4 Å². The lowest BCUT2D eigenvalue weighted by molar-refractivity contribution is 0.393. The fourth-order valence-electron chi connectivity index (χ4n) is 1.56. The number of nitrogens with zero attached hydrogens (tertiary/aromatic N) is 3. The number of allylic oxidation sites excluding steroid dienone is 1. The topological polar surface area (TPSA) is 69.3 Å². The third-order valence-corrected chi connectivity index (χ3v) is 2.57. The van der Waals surface area contributed by atoms with E-state index in [0.717, 1.165) is 5.69 Å². The average Bonchev–Trinajstić information content (AvgIpc) is 2.43. The van der Waals surface area contributed by atoms with E-state index in [1.165, 1.54) is 20.3 Å². The molecular weight excluding hydrogens is 242 g/mol. The Kier molecular flexibility index (Phi) is 4.79. The molecule has 0 unspecified atom stereocenters. The molecule has 0 radical (unpaired) electrons. The number of hydrogen-bond acceptors (Lipinski definition) is 5. The summed E-state index contributed by atoms with van der Waals surface area (Å²) in [6.45, 7) is 0. The molecule has 5 heteroatoms. The molecule has 0 spiro atoms. The first-order valence-corrected chi connectivity index (χ1v) is 5.52. The largest absolute Gasteiger partial charge is 0.496 e. The first kappa shape index (κ1) is 14.4. The van der Waals surface area contributed by atoms with Crippen molar-refractivity contribution in [3.63, 3.8) is 0 Å². The molecule has 0 saturated heterocycles. The SMILES string of the molecule is COc1cc(N(C)C)cc(OC)c1C=C(C#N)C#N. The summed E-state index contributed by atoms with van der Waals surface area (Å²) in [4.78, 5) is 1.91. The van der Waals surface area contributed by atoms with Gasteiger partial charge in [0.1, 0.15) is 29.2 Å². The number of nitriles is 2. The van der Waals surface area contributed by atoms with E-state index in [0.29, 0.717) is 17.1 Å². The molecule has 0 fully saturated rings. The van der Waals surface area contributed by atoms with E-state index < -0.39 is 0 Å². The summed E-state index contributed by atoms with van der Waals surface area (Å²) in [5, 5.41) is 17.7. The van der Waals surface area contributed by atoms with Crippen molar-refractivity contribution < 1.29 is 9.47 Å². The van der Waals surface area contributed by atoms with Crippen LogP contribution in [0.2, 0.25) is 0 Å². The van der Waals surface area contributed by atoms with Crippen LogP contribution in [-0.4, -0.2) is 28.3 Å². The van der Waals surface area contributed by atoms with E-state index in [1.807, 2.05) is 43.3 Å². The van der Waals surface area contributed by atoms with Gasteiger partial charge in [0.05, 0.1) is 19.8 Å². The van der Waals surface area contributed by atoms with Gasteiger partial charge in [0.25, 0.3) is 0 Å². The Morgan fingerprint density at radius 3 is 1.89 bits per heavy atom. The second kappa shape index (κ2) is 6.32. The molecule has 1 rings (SSSR count). The molecule has 0 amide bonds. The van der Waals surface area contributed by atoms with Gasteiger partial charge in [-0.15, -0.1) is 0 Å². The summed E-state index contributed by atoms with van der Waals surface area (Å²) in [6, 6.07) is 7.28. The Bertz CT molecular complexity index is 536. The third kappa shape index (κ3) is 3.17. The van der Waals surface area contributed by atoms with Crippen LogP contribution in [0, 0.1) is 22.7 Å². The number of ether oxygens (including phenoxy) is 2. The molecule has 0 heterocycles. The Morgan fingerprint density at radius 2 is 1.58 bits per heavy atom. The first-order chi connectivity index (χ1) is 9.07. The van der Waals surface area contributed by atoms with E-state index >= 15 is 0 Å². The van der Waals surface area contributed by atoms with Gasteiger partial charge in [0, 0.05) is 31.9 Å². The number of benzene rings is 1. The van der Waals surface area contributed by atoms with Gasteiger partial charge in [-0.1, -0.05) is 0 Å². The van der Waals surface area contributed by atoms with Crippen molar-refractivity contribution >= 4 is 11.8 Å². The Hall–Kier alpha value is -2.66. The maximum atomic E-state index is 8.83. The molecule has 0 N–H and O–H groups in total. The fraction of sp³-hybridized carbons (Fsp3) is 0.286. The Balaban J connectivity index is 3.51. The van der Waals surface area contributed by atoms with Crippen LogP contribution in [0.4, 0.5) is 5.69 Å². The summed E-state index contributed by atoms with van der Waals surface area (Å²) in [7, 11) is 6.87. The van der Waals surface area contributed by atoms with Crippen LogP contribution < -0.4 is 14.4 Å². The molecule has 0 aliphatic rings. The maximum absolute atomic E-state index is 8.83. The van der Waals surface area contributed by atoms with E-state index in [-0.39, 0.29) is 5.57 Å². The van der Waals surface area contributed by atoms with Crippen LogP contribution in [0.5, 0.6) is 11.5 Å². The minimum Gasteiger partial charge on any atom is -0.496 e. The number of methoxy groups -OCH3 is 2. The normalized spacial score (nSPS) is 8.95. The second-order valence-corrected chi connectivity index (χ2v) is 3.94. The summed E-state index contributed by atoms with van der Waals surface area (Å²) in [6.07, 6.45) is 1.46. The zero-order chi connectivity index (χ0) is 14.4. The lowest BCUT2D eigenvalue weighted by Gasteiger charge is -2.17. The number of anilines is 1. The van der Waals surface area contributed by atoms with Crippen molar-refractivity contribution in [1.29, 1.82) is 10.5 Å². The van der Waals surface area contributed by atoms with Crippen molar-refractivity contribution in [2.24, 2.45) is 0 Å². The van der Waals surface area contributed by atoms with Gasteiger partial charge in [0.15, 0.2) is 0 Å². The number of hydrogen-bond donors (Lipinski definition) is 0. The molecule has 19 heavy (non-hydrogen) atoms. The smallest absolute Gasteiger partial charge is 0.131 e. The number of rotatable bonds is 4.